The number of fused-ring (bicyclic) bond motifs is 3. The lowest BCUT2D eigenvalue weighted by atomic mass is 10.1. The molecule has 4 aromatic rings. The number of para-hydroxylation sites is 1. The molecule has 1 amide bonds. The summed E-state index contributed by atoms with van der Waals surface area (Å²) < 4.78 is 0. The van der Waals surface area contributed by atoms with Crippen molar-refractivity contribution in [3.8, 4) is 0 Å². The summed E-state index contributed by atoms with van der Waals surface area (Å²) in [5.41, 5.74) is 4.65. The number of nitrogens with one attached hydrogen (secondary N) is 2. The number of aromatic amines is 1. The molecule has 5 heteroatoms. The Bertz CT molecular complexity index is 1140. The van der Waals surface area contributed by atoms with Gasteiger partial charge in [0.15, 0.2) is 0 Å². The van der Waals surface area contributed by atoms with Crippen LogP contribution in [-0.4, -0.2) is 30.0 Å². The topological polar surface area (TPSA) is 61.0 Å². The summed E-state index contributed by atoms with van der Waals surface area (Å²) >= 11 is 0. The van der Waals surface area contributed by atoms with Gasteiger partial charge in [0.05, 0.1) is 17.4 Å². The van der Waals surface area contributed by atoms with Crippen LogP contribution in [0.3, 0.4) is 0 Å². The number of amides is 1. The number of H-pyrrole nitrogens is 1. The van der Waals surface area contributed by atoms with Gasteiger partial charge in [-0.25, -0.2) is 0 Å². The third kappa shape index (κ3) is 3.53. The van der Waals surface area contributed by atoms with Gasteiger partial charge < -0.3 is 15.2 Å². The van der Waals surface area contributed by atoms with E-state index in [4.69, 9.17) is 0 Å². The molecule has 5 nitrogen and oxygen atoms in total. The number of pyridine rings is 1. The highest BCUT2D eigenvalue weighted by atomic mass is 16.1. The molecule has 134 valence electrons. The average Bonchev–Trinajstić information content (AvgIpc) is 3.05. The number of hydrogen-bond donors (Lipinski definition) is 2. The maximum Gasteiger partial charge on any atom is 0.248 e. The zero-order valence-electron chi connectivity index (χ0n) is 15.2. The van der Waals surface area contributed by atoms with Crippen molar-refractivity contribution in [3.05, 3.63) is 72.6 Å². The molecule has 2 aromatic carbocycles. The van der Waals surface area contributed by atoms with Crippen LogP contribution in [0.5, 0.6) is 0 Å². The molecule has 0 bridgehead atoms. The summed E-state index contributed by atoms with van der Waals surface area (Å²) in [5.74, 6) is -0.187. The highest BCUT2D eigenvalue weighted by Gasteiger charge is 2.05. The molecule has 27 heavy (non-hydrogen) atoms. The fourth-order valence-corrected chi connectivity index (χ4v) is 3.05. The van der Waals surface area contributed by atoms with Crippen LogP contribution in [-0.2, 0) is 4.79 Å². The van der Waals surface area contributed by atoms with E-state index in [1.165, 1.54) is 6.08 Å². The van der Waals surface area contributed by atoms with E-state index in [2.05, 4.69) is 21.4 Å². The van der Waals surface area contributed by atoms with Gasteiger partial charge in [0, 0.05) is 47.8 Å². The van der Waals surface area contributed by atoms with Crippen molar-refractivity contribution in [2.75, 3.05) is 24.3 Å². The fourth-order valence-electron chi connectivity index (χ4n) is 3.05. The summed E-state index contributed by atoms with van der Waals surface area (Å²) in [6.07, 6.45) is 5.03. The van der Waals surface area contributed by atoms with E-state index in [9.17, 15) is 4.79 Å². The van der Waals surface area contributed by atoms with Crippen LogP contribution in [0.2, 0.25) is 0 Å². The minimum absolute atomic E-state index is 0.187. The Morgan fingerprint density at radius 3 is 2.59 bits per heavy atom. The van der Waals surface area contributed by atoms with Gasteiger partial charge >= 0.3 is 0 Å². The SMILES string of the molecule is CN(C)c1ccc(NC(=O)/C=C/c2cc3c(cn2)[nH]c2ccccc23)cc1. The molecule has 2 N–H and O–H groups in total. The van der Waals surface area contributed by atoms with Crippen molar-refractivity contribution in [2.45, 2.75) is 0 Å². The zero-order valence-corrected chi connectivity index (χ0v) is 15.2. The van der Waals surface area contributed by atoms with Crippen molar-refractivity contribution < 1.29 is 4.79 Å². The molecule has 0 aliphatic carbocycles. The Labute approximate surface area is 157 Å². The zero-order chi connectivity index (χ0) is 18.8. The Morgan fingerprint density at radius 1 is 1.04 bits per heavy atom. The second-order valence-corrected chi connectivity index (χ2v) is 6.59. The average molecular weight is 356 g/mol. The number of nitrogens with zero attached hydrogens (tertiary/aromatic N) is 2. The maximum absolute atomic E-state index is 12.2. The van der Waals surface area contributed by atoms with Gasteiger partial charge in [-0.2, -0.15) is 0 Å². The van der Waals surface area contributed by atoms with Crippen LogP contribution in [0, 0.1) is 0 Å². The molecular weight excluding hydrogens is 336 g/mol. The van der Waals surface area contributed by atoms with Gasteiger partial charge in [0.2, 0.25) is 5.91 Å². The fraction of sp³-hybridized carbons (Fsp3) is 0.0909. The summed E-state index contributed by atoms with van der Waals surface area (Å²) in [5, 5.41) is 5.11. The molecule has 0 saturated heterocycles. The number of aromatic nitrogens is 2. The first kappa shape index (κ1) is 16.8. The molecule has 0 fully saturated rings. The summed E-state index contributed by atoms with van der Waals surface area (Å²) in [4.78, 5) is 22.0. The minimum atomic E-state index is -0.187. The summed E-state index contributed by atoms with van der Waals surface area (Å²) in [6.45, 7) is 0. The molecule has 0 spiro atoms. The monoisotopic (exact) mass is 356 g/mol. The highest BCUT2D eigenvalue weighted by molar-refractivity contribution is 6.07. The number of rotatable bonds is 4. The van der Waals surface area contributed by atoms with Crippen LogP contribution in [0.15, 0.2) is 66.9 Å². The lowest BCUT2D eigenvalue weighted by Crippen LogP contribution is -2.10. The van der Waals surface area contributed by atoms with Crippen molar-refractivity contribution in [1.82, 2.24) is 9.97 Å². The standard InChI is InChI=1S/C22H20N4O/c1-26(2)17-10-7-15(8-11-17)24-22(27)12-9-16-13-19-18-5-3-4-6-20(18)25-21(19)14-23-16/h3-14,25H,1-2H3,(H,24,27)/b12-9+. The van der Waals surface area contributed by atoms with Crippen molar-refractivity contribution in [1.29, 1.82) is 0 Å². The molecule has 0 radical (unpaired) electrons. The highest BCUT2D eigenvalue weighted by Crippen LogP contribution is 2.25. The molecule has 4 rings (SSSR count). The van der Waals surface area contributed by atoms with Gasteiger partial charge in [-0.1, -0.05) is 18.2 Å². The summed E-state index contributed by atoms with van der Waals surface area (Å²) in [7, 11) is 3.96. The Balaban J connectivity index is 1.51. The van der Waals surface area contributed by atoms with Crippen molar-refractivity contribution in [2.24, 2.45) is 0 Å². The second-order valence-electron chi connectivity index (χ2n) is 6.59. The number of carbonyl (C=O) groups excluding carboxylic acids is 1. The third-order valence-corrected chi connectivity index (χ3v) is 4.47. The van der Waals surface area contributed by atoms with Crippen LogP contribution < -0.4 is 10.2 Å². The number of carbonyl (C=O) groups is 1. The Kier molecular flexibility index (Phi) is 4.34. The number of benzene rings is 2. The first-order valence-electron chi connectivity index (χ1n) is 8.73. The smallest absolute Gasteiger partial charge is 0.248 e. The van der Waals surface area contributed by atoms with Gasteiger partial charge in [-0.3, -0.25) is 9.78 Å². The molecule has 0 aliphatic heterocycles. The third-order valence-electron chi connectivity index (χ3n) is 4.47. The maximum atomic E-state index is 12.2. The molecule has 0 unspecified atom stereocenters. The molecule has 2 heterocycles. The van der Waals surface area contributed by atoms with Crippen LogP contribution in [0.25, 0.3) is 27.9 Å². The first-order valence-corrected chi connectivity index (χ1v) is 8.73. The van der Waals surface area contributed by atoms with Gasteiger partial charge in [-0.15, -0.1) is 0 Å². The van der Waals surface area contributed by atoms with Gasteiger partial charge in [0.1, 0.15) is 0 Å². The predicted molar refractivity (Wildman–Crippen MR) is 112 cm³/mol. The van der Waals surface area contributed by atoms with Crippen LogP contribution in [0.4, 0.5) is 11.4 Å². The van der Waals surface area contributed by atoms with Gasteiger partial charge in [-0.05, 0) is 42.5 Å². The molecule has 0 atom stereocenters. The summed E-state index contributed by atoms with van der Waals surface area (Å²) in [6, 6.07) is 17.8. The molecular formula is C22H20N4O. The van der Waals surface area contributed by atoms with Crippen molar-refractivity contribution >= 4 is 45.2 Å². The lowest BCUT2D eigenvalue weighted by Gasteiger charge is -2.12. The Morgan fingerprint density at radius 2 is 1.81 bits per heavy atom. The predicted octanol–water partition coefficient (Wildman–Crippen LogP) is 4.43. The molecule has 0 saturated carbocycles. The van der Waals surface area contributed by atoms with Crippen LogP contribution >= 0.6 is 0 Å². The van der Waals surface area contributed by atoms with E-state index in [1.807, 2.05) is 67.5 Å². The van der Waals surface area contributed by atoms with E-state index < -0.39 is 0 Å². The second kappa shape index (κ2) is 6.96. The van der Waals surface area contributed by atoms with Crippen LogP contribution in [0.1, 0.15) is 5.69 Å². The van der Waals surface area contributed by atoms with E-state index in [1.54, 1.807) is 12.3 Å². The molecule has 0 aliphatic rings. The Hall–Kier alpha value is -3.60. The molecule has 2 aromatic heterocycles. The van der Waals surface area contributed by atoms with Crippen molar-refractivity contribution in [3.63, 3.8) is 0 Å². The minimum Gasteiger partial charge on any atom is -0.378 e. The van der Waals surface area contributed by atoms with E-state index >= 15 is 0 Å². The lowest BCUT2D eigenvalue weighted by molar-refractivity contribution is -0.111. The van der Waals surface area contributed by atoms with E-state index in [0.29, 0.717) is 0 Å². The first-order chi connectivity index (χ1) is 13.1. The largest absolute Gasteiger partial charge is 0.378 e. The normalized spacial score (nSPS) is 11.3. The van der Waals surface area contributed by atoms with E-state index in [0.717, 1.165) is 38.9 Å². The quantitative estimate of drug-likeness (QED) is 0.532. The number of anilines is 2. The van der Waals surface area contributed by atoms with E-state index in [-0.39, 0.29) is 5.91 Å². The van der Waals surface area contributed by atoms with Gasteiger partial charge in [0.25, 0.3) is 0 Å². The number of hydrogen-bond acceptors (Lipinski definition) is 3.